The second-order valence-electron chi connectivity index (χ2n) is 5.10. The zero-order chi connectivity index (χ0) is 16.9. The van der Waals surface area contributed by atoms with E-state index in [0.29, 0.717) is 12.5 Å². The molecule has 2 N–H and O–H groups in total. The minimum absolute atomic E-state index is 0. The summed E-state index contributed by atoms with van der Waals surface area (Å²) < 4.78 is 5.49. The Morgan fingerprint density at radius 3 is 2.71 bits per heavy atom. The number of hydrogen-bond donors (Lipinski definition) is 2. The quantitative estimate of drug-likeness (QED) is 0.143. The zero-order valence-corrected chi connectivity index (χ0v) is 16.6. The summed E-state index contributed by atoms with van der Waals surface area (Å²) in [5.74, 6) is 0.671. The van der Waals surface area contributed by atoms with E-state index in [1.165, 1.54) is 6.07 Å². The SMILES string of the molecule is CCCCOCCCNC(=NC)NCc1cccc([N+](=O)[O-])c1.I. The first-order chi connectivity index (χ1) is 11.2. The Kier molecular flexibility index (Phi) is 13.1. The molecule has 0 amide bonds. The Morgan fingerprint density at radius 1 is 1.29 bits per heavy atom. The minimum Gasteiger partial charge on any atom is -0.381 e. The van der Waals surface area contributed by atoms with Crippen molar-refractivity contribution in [1.82, 2.24) is 10.6 Å². The first kappa shape index (κ1) is 22.6. The molecule has 0 aliphatic heterocycles. The van der Waals surface area contributed by atoms with Crippen LogP contribution in [0.1, 0.15) is 31.7 Å². The van der Waals surface area contributed by atoms with Gasteiger partial charge >= 0.3 is 0 Å². The molecule has 0 unspecified atom stereocenters. The fourth-order valence-electron chi connectivity index (χ4n) is 1.92. The number of nitro groups is 1. The van der Waals surface area contributed by atoms with Gasteiger partial charge in [0.05, 0.1) is 4.92 Å². The van der Waals surface area contributed by atoms with Crippen LogP contribution in [0.25, 0.3) is 0 Å². The lowest BCUT2D eigenvalue weighted by molar-refractivity contribution is -0.384. The van der Waals surface area contributed by atoms with E-state index in [0.717, 1.165) is 44.6 Å². The van der Waals surface area contributed by atoms with Gasteiger partial charge in [0.25, 0.3) is 5.69 Å². The van der Waals surface area contributed by atoms with Crippen molar-refractivity contribution in [1.29, 1.82) is 0 Å². The Bertz CT molecular complexity index is 512. The molecule has 0 fully saturated rings. The summed E-state index contributed by atoms with van der Waals surface area (Å²) in [6.45, 7) is 4.93. The molecule has 0 aliphatic rings. The van der Waals surface area contributed by atoms with E-state index in [9.17, 15) is 10.1 Å². The van der Waals surface area contributed by atoms with Gasteiger partial charge < -0.3 is 15.4 Å². The third kappa shape index (κ3) is 9.66. The van der Waals surface area contributed by atoms with Gasteiger partial charge in [-0.25, -0.2) is 0 Å². The van der Waals surface area contributed by atoms with Crippen LogP contribution in [0.4, 0.5) is 5.69 Å². The second-order valence-corrected chi connectivity index (χ2v) is 5.10. The number of ether oxygens (including phenoxy) is 1. The van der Waals surface area contributed by atoms with Gasteiger partial charge in [0.1, 0.15) is 0 Å². The van der Waals surface area contributed by atoms with E-state index in [1.807, 2.05) is 6.07 Å². The van der Waals surface area contributed by atoms with Crippen LogP contribution in [-0.2, 0) is 11.3 Å². The third-order valence-corrected chi connectivity index (χ3v) is 3.21. The third-order valence-electron chi connectivity index (χ3n) is 3.21. The smallest absolute Gasteiger partial charge is 0.269 e. The first-order valence-electron chi connectivity index (χ1n) is 7.93. The summed E-state index contributed by atoms with van der Waals surface area (Å²) in [5, 5.41) is 17.1. The summed E-state index contributed by atoms with van der Waals surface area (Å²) in [4.78, 5) is 14.5. The van der Waals surface area contributed by atoms with E-state index in [2.05, 4.69) is 22.5 Å². The Balaban J connectivity index is 0.00000529. The van der Waals surface area contributed by atoms with Gasteiger partial charge in [0.15, 0.2) is 5.96 Å². The zero-order valence-electron chi connectivity index (χ0n) is 14.3. The van der Waals surface area contributed by atoms with Crippen molar-refractivity contribution in [3.8, 4) is 0 Å². The van der Waals surface area contributed by atoms with Gasteiger partial charge in [-0.2, -0.15) is 0 Å². The minimum atomic E-state index is -0.394. The number of halogens is 1. The molecule has 0 bridgehead atoms. The molecule has 7 nitrogen and oxygen atoms in total. The topological polar surface area (TPSA) is 88.8 Å². The van der Waals surface area contributed by atoms with Crippen molar-refractivity contribution in [2.75, 3.05) is 26.8 Å². The lowest BCUT2D eigenvalue weighted by Gasteiger charge is -2.12. The van der Waals surface area contributed by atoms with E-state index in [-0.39, 0.29) is 29.7 Å². The number of nitro benzene ring substituents is 1. The highest BCUT2D eigenvalue weighted by atomic mass is 127. The van der Waals surface area contributed by atoms with Gasteiger partial charge in [-0.3, -0.25) is 15.1 Å². The number of benzene rings is 1. The highest BCUT2D eigenvalue weighted by molar-refractivity contribution is 14.0. The van der Waals surface area contributed by atoms with E-state index in [1.54, 1.807) is 19.2 Å². The van der Waals surface area contributed by atoms with Crippen molar-refractivity contribution in [2.45, 2.75) is 32.7 Å². The van der Waals surface area contributed by atoms with Crippen LogP contribution >= 0.6 is 24.0 Å². The van der Waals surface area contributed by atoms with Crippen LogP contribution in [0.5, 0.6) is 0 Å². The molecule has 0 radical (unpaired) electrons. The number of unbranched alkanes of at least 4 members (excludes halogenated alkanes) is 1. The van der Waals surface area contributed by atoms with Crippen LogP contribution in [0.2, 0.25) is 0 Å². The molecule has 136 valence electrons. The maximum absolute atomic E-state index is 10.8. The normalized spacial score (nSPS) is 10.8. The molecule has 1 aromatic carbocycles. The van der Waals surface area contributed by atoms with Gasteiger partial charge in [-0.15, -0.1) is 24.0 Å². The number of guanidine groups is 1. The molecule has 0 saturated heterocycles. The summed E-state index contributed by atoms with van der Waals surface area (Å²) in [7, 11) is 1.69. The Morgan fingerprint density at radius 2 is 2.04 bits per heavy atom. The largest absolute Gasteiger partial charge is 0.381 e. The van der Waals surface area contributed by atoms with Gasteiger partial charge in [-0.1, -0.05) is 25.5 Å². The van der Waals surface area contributed by atoms with Crippen molar-refractivity contribution in [3.63, 3.8) is 0 Å². The molecular formula is C16H27IN4O3. The van der Waals surface area contributed by atoms with Crippen molar-refractivity contribution in [2.24, 2.45) is 4.99 Å². The highest BCUT2D eigenvalue weighted by Gasteiger charge is 2.06. The molecule has 24 heavy (non-hydrogen) atoms. The predicted molar refractivity (Wildman–Crippen MR) is 107 cm³/mol. The monoisotopic (exact) mass is 450 g/mol. The maximum atomic E-state index is 10.8. The average molecular weight is 450 g/mol. The van der Waals surface area contributed by atoms with Crippen LogP contribution in [0, 0.1) is 10.1 Å². The fraction of sp³-hybridized carbons (Fsp3) is 0.562. The number of hydrogen-bond acceptors (Lipinski definition) is 4. The van der Waals surface area contributed by atoms with Gasteiger partial charge in [0.2, 0.25) is 0 Å². The Labute approximate surface area is 160 Å². The molecule has 0 heterocycles. The summed E-state index contributed by atoms with van der Waals surface area (Å²) in [6, 6.07) is 6.56. The average Bonchev–Trinajstić information content (AvgIpc) is 2.57. The standard InChI is InChI=1S/C16H26N4O3.HI/c1-3-4-10-23-11-6-9-18-16(17-2)19-13-14-7-5-8-15(12-14)20(21)22;/h5,7-8,12H,3-4,6,9-11,13H2,1-2H3,(H2,17,18,19);1H. The van der Waals surface area contributed by atoms with Crippen LogP contribution in [-0.4, -0.2) is 37.7 Å². The van der Waals surface area contributed by atoms with Crippen molar-refractivity contribution < 1.29 is 9.66 Å². The molecule has 0 atom stereocenters. The number of non-ortho nitro benzene ring substituents is 1. The molecule has 8 heteroatoms. The van der Waals surface area contributed by atoms with E-state index in [4.69, 9.17) is 4.74 Å². The Hall–Kier alpha value is -1.42. The number of rotatable bonds is 10. The lowest BCUT2D eigenvalue weighted by atomic mass is 10.2. The molecule has 1 aromatic rings. The van der Waals surface area contributed by atoms with Crippen molar-refractivity contribution >= 4 is 35.6 Å². The molecule has 0 aromatic heterocycles. The van der Waals surface area contributed by atoms with Crippen LogP contribution in [0.3, 0.4) is 0 Å². The van der Waals surface area contributed by atoms with Crippen LogP contribution in [0.15, 0.2) is 29.3 Å². The lowest BCUT2D eigenvalue weighted by Crippen LogP contribution is -2.37. The van der Waals surface area contributed by atoms with Crippen LogP contribution < -0.4 is 10.6 Å². The molecule has 0 spiro atoms. The molecular weight excluding hydrogens is 423 g/mol. The van der Waals surface area contributed by atoms with E-state index >= 15 is 0 Å². The molecule has 0 aliphatic carbocycles. The number of nitrogens with zero attached hydrogens (tertiary/aromatic N) is 2. The predicted octanol–water partition coefficient (Wildman–Crippen LogP) is 3.08. The van der Waals surface area contributed by atoms with Gasteiger partial charge in [0, 0.05) is 45.5 Å². The first-order valence-corrected chi connectivity index (χ1v) is 7.93. The fourth-order valence-corrected chi connectivity index (χ4v) is 1.92. The van der Waals surface area contributed by atoms with Crippen molar-refractivity contribution in [3.05, 3.63) is 39.9 Å². The second kappa shape index (κ2) is 14.0. The molecule has 1 rings (SSSR count). The summed E-state index contributed by atoms with van der Waals surface area (Å²) >= 11 is 0. The number of nitrogens with one attached hydrogen (secondary N) is 2. The summed E-state index contributed by atoms with van der Waals surface area (Å²) in [6.07, 6.45) is 3.15. The van der Waals surface area contributed by atoms with E-state index < -0.39 is 4.92 Å². The molecule has 0 saturated carbocycles. The maximum Gasteiger partial charge on any atom is 0.269 e. The number of aliphatic imine (C=N–C) groups is 1. The summed E-state index contributed by atoms with van der Waals surface area (Å²) in [5.41, 5.74) is 0.932. The van der Waals surface area contributed by atoms with Gasteiger partial charge in [-0.05, 0) is 18.4 Å². The highest BCUT2D eigenvalue weighted by Crippen LogP contribution is 2.12.